The number of esters is 1. The van der Waals surface area contributed by atoms with Gasteiger partial charge in [0, 0.05) is 5.56 Å². The topological polar surface area (TPSA) is 43.4 Å². The summed E-state index contributed by atoms with van der Waals surface area (Å²) >= 11 is 0. The Morgan fingerprint density at radius 3 is 2.10 bits per heavy atom. The molecule has 0 bridgehead atoms. The number of ketones is 1. The predicted molar refractivity (Wildman–Crippen MR) is 74.9 cm³/mol. The monoisotopic (exact) mass is 278 g/mol. The number of benzene rings is 1. The van der Waals surface area contributed by atoms with Gasteiger partial charge in [-0.15, -0.1) is 0 Å². The zero-order chi connectivity index (χ0) is 15.3. The van der Waals surface area contributed by atoms with E-state index >= 15 is 0 Å². The molecular weight excluding hydrogens is 259 g/mol. The fourth-order valence-corrected chi connectivity index (χ4v) is 1.60. The molecule has 0 amide bonds. The normalized spacial score (nSPS) is 11.8. The average Bonchev–Trinajstić information content (AvgIpc) is 2.35. The van der Waals surface area contributed by atoms with E-state index in [1.807, 2.05) is 13.8 Å². The maximum atomic E-state index is 12.9. The van der Waals surface area contributed by atoms with Crippen LogP contribution in [-0.2, 0) is 9.53 Å². The molecule has 0 aromatic heterocycles. The van der Waals surface area contributed by atoms with Crippen LogP contribution >= 0.6 is 0 Å². The summed E-state index contributed by atoms with van der Waals surface area (Å²) in [5.74, 6) is -1.51. The van der Waals surface area contributed by atoms with Crippen molar-refractivity contribution in [2.24, 2.45) is 5.92 Å². The van der Waals surface area contributed by atoms with E-state index in [4.69, 9.17) is 4.74 Å². The molecule has 0 fully saturated rings. The molecule has 1 aromatic carbocycles. The van der Waals surface area contributed by atoms with Crippen molar-refractivity contribution < 1.29 is 18.7 Å². The molecule has 0 aliphatic carbocycles. The SMILES string of the molecule is CC(C)/C=C(\C(=O)OC(C)C)C(=O)c1ccc(F)cc1. The van der Waals surface area contributed by atoms with Gasteiger partial charge in [-0.2, -0.15) is 0 Å². The summed E-state index contributed by atoms with van der Waals surface area (Å²) in [5, 5.41) is 0. The van der Waals surface area contributed by atoms with Crippen LogP contribution in [0.4, 0.5) is 4.39 Å². The van der Waals surface area contributed by atoms with Gasteiger partial charge in [0.05, 0.1) is 6.10 Å². The van der Waals surface area contributed by atoms with Gasteiger partial charge in [0.25, 0.3) is 0 Å². The van der Waals surface area contributed by atoms with E-state index < -0.39 is 17.6 Å². The fourth-order valence-electron chi connectivity index (χ4n) is 1.60. The number of halogens is 1. The average molecular weight is 278 g/mol. The lowest BCUT2D eigenvalue weighted by Gasteiger charge is -2.11. The molecule has 108 valence electrons. The molecule has 0 N–H and O–H groups in total. The zero-order valence-electron chi connectivity index (χ0n) is 12.1. The minimum atomic E-state index is -0.650. The lowest BCUT2D eigenvalue weighted by Crippen LogP contribution is -2.20. The van der Waals surface area contributed by atoms with Gasteiger partial charge < -0.3 is 4.74 Å². The Kier molecular flexibility index (Phi) is 5.62. The second kappa shape index (κ2) is 6.98. The van der Waals surface area contributed by atoms with Gasteiger partial charge in [0.15, 0.2) is 5.78 Å². The number of ether oxygens (including phenoxy) is 1. The van der Waals surface area contributed by atoms with E-state index in [-0.39, 0.29) is 23.2 Å². The molecule has 0 aliphatic rings. The summed E-state index contributed by atoms with van der Waals surface area (Å²) in [6.07, 6.45) is 1.26. The van der Waals surface area contributed by atoms with Crippen molar-refractivity contribution in [2.45, 2.75) is 33.8 Å². The third-order valence-corrected chi connectivity index (χ3v) is 2.41. The van der Waals surface area contributed by atoms with E-state index in [0.717, 1.165) is 0 Å². The van der Waals surface area contributed by atoms with E-state index in [1.165, 1.54) is 24.3 Å². The van der Waals surface area contributed by atoms with Gasteiger partial charge in [-0.05, 0) is 44.0 Å². The largest absolute Gasteiger partial charge is 0.459 e. The van der Waals surface area contributed by atoms with Crippen molar-refractivity contribution in [3.8, 4) is 0 Å². The fraction of sp³-hybridized carbons (Fsp3) is 0.375. The highest BCUT2D eigenvalue weighted by atomic mass is 19.1. The zero-order valence-corrected chi connectivity index (χ0v) is 12.1. The molecule has 0 unspecified atom stereocenters. The number of rotatable bonds is 5. The van der Waals surface area contributed by atoms with Crippen molar-refractivity contribution in [3.05, 3.63) is 47.3 Å². The number of carbonyl (C=O) groups is 2. The van der Waals surface area contributed by atoms with E-state index in [2.05, 4.69) is 0 Å². The van der Waals surface area contributed by atoms with Crippen LogP contribution in [0.15, 0.2) is 35.9 Å². The molecule has 0 saturated heterocycles. The van der Waals surface area contributed by atoms with Crippen LogP contribution in [0, 0.1) is 11.7 Å². The van der Waals surface area contributed by atoms with Crippen LogP contribution in [0.5, 0.6) is 0 Å². The van der Waals surface area contributed by atoms with Gasteiger partial charge in [-0.1, -0.05) is 19.9 Å². The van der Waals surface area contributed by atoms with Crippen molar-refractivity contribution in [3.63, 3.8) is 0 Å². The molecule has 20 heavy (non-hydrogen) atoms. The van der Waals surface area contributed by atoms with Gasteiger partial charge in [-0.25, -0.2) is 9.18 Å². The molecule has 0 aliphatic heterocycles. The maximum absolute atomic E-state index is 12.9. The van der Waals surface area contributed by atoms with Gasteiger partial charge >= 0.3 is 5.97 Å². The van der Waals surface area contributed by atoms with Crippen LogP contribution in [0.2, 0.25) is 0 Å². The first kappa shape index (κ1) is 16.1. The lowest BCUT2D eigenvalue weighted by atomic mass is 10.00. The Labute approximate surface area is 118 Å². The molecule has 3 nitrogen and oxygen atoms in total. The summed E-state index contributed by atoms with van der Waals surface area (Å²) in [7, 11) is 0. The summed E-state index contributed by atoms with van der Waals surface area (Å²) in [4.78, 5) is 24.3. The summed E-state index contributed by atoms with van der Waals surface area (Å²) in [5.41, 5.74) is 0.249. The highest BCUT2D eigenvalue weighted by molar-refractivity contribution is 6.24. The first-order valence-corrected chi connectivity index (χ1v) is 6.54. The molecule has 0 radical (unpaired) electrons. The van der Waals surface area contributed by atoms with Gasteiger partial charge in [-0.3, -0.25) is 4.79 Å². The molecule has 0 saturated carbocycles. The third kappa shape index (κ3) is 4.61. The second-order valence-electron chi connectivity index (χ2n) is 5.11. The Bertz CT molecular complexity index is 513. The number of Topliss-reactive ketones (excluding diaryl/α,β-unsaturated/α-hetero) is 1. The smallest absolute Gasteiger partial charge is 0.342 e. The molecule has 0 spiro atoms. The Morgan fingerprint density at radius 2 is 1.65 bits per heavy atom. The highest BCUT2D eigenvalue weighted by Crippen LogP contribution is 2.14. The Morgan fingerprint density at radius 1 is 1.10 bits per heavy atom. The quantitative estimate of drug-likeness (QED) is 0.272. The minimum absolute atomic E-state index is 0.0136. The predicted octanol–water partition coefficient (Wildman–Crippen LogP) is 3.54. The van der Waals surface area contributed by atoms with E-state index in [9.17, 15) is 14.0 Å². The van der Waals surface area contributed by atoms with Crippen molar-refractivity contribution in [1.82, 2.24) is 0 Å². The summed E-state index contributed by atoms with van der Waals surface area (Å²) < 4.78 is 18.0. The summed E-state index contributed by atoms with van der Waals surface area (Å²) in [6, 6.07) is 5.09. The third-order valence-electron chi connectivity index (χ3n) is 2.41. The molecule has 4 heteroatoms. The van der Waals surface area contributed by atoms with Crippen LogP contribution in [0.3, 0.4) is 0 Å². The number of hydrogen-bond acceptors (Lipinski definition) is 3. The van der Waals surface area contributed by atoms with Crippen LogP contribution in [0.1, 0.15) is 38.1 Å². The number of hydrogen-bond donors (Lipinski definition) is 0. The minimum Gasteiger partial charge on any atom is -0.459 e. The number of allylic oxidation sites excluding steroid dienone is 1. The van der Waals surface area contributed by atoms with Crippen molar-refractivity contribution in [1.29, 1.82) is 0 Å². The van der Waals surface area contributed by atoms with E-state index in [0.29, 0.717) is 0 Å². The molecule has 1 rings (SSSR count). The first-order valence-electron chi connectivity index (χ1n) is 6.54. The molecule has 1 aromatic rings. The van der Waals surface area contributed by atoms with Gasteiger partial charge in [0.2, 0.25) is 0 Å². The summed E-state index contributed by atoms with van der Waals surface area (Å²) in [6.45, 7) is 7.15. The maximum Gasteiger partial charge on any atom is 0.342 e. The highest BCUT2D eigenvalue weighted by Gasteiger charge is 2.22. The molecule has 0 atom stereocenters. The Balaban J connectivity index is 3.08. The van der Waals surface area contributed by atoms with Crippen LogP contribution in [-0.4, -0.2) is 17.9 Å². The lowest BCUT2D eigenvalue weighted by molar-refractivity contribution is -0.142. The first-order chi connectivity index (χ1) is 9.31. The Hall–Kier alpha value is -1.97. The van der Waals surface area contributed by atoms with Crippen LogP contribution in [0.25, 0.3) is 0 Å². The van der Waals surface area contributed by atoms with Gasteiger partial charge in [0.1, 0.15) is 11.4 Å². The van der Waals surface area contributed by atoms with Crippen molar-refractivity contribution in [2.75, 3.05) is 0 Å². The molecular formula is C16H19FO3. The van der Waals surface area contributed by atoms with Crippen LogP contribution < -0.4 is 0 Å². The molecule has 0 heterocycles. The van der Waals surface area contributed by atoms with E-state index in [1.54, 1.807) is 19.9 Å². The number of carbonyl (C=O) groups excluding carboxylic acids is 2. The second-order valence-corrected chi connectivity index (χ2v) is 5.11. The standard InChI is InChI=1S/C16H19FO3/c1-10(2)9-14(16(19)20-11(3)4)15(18)12-5-7-13(17)8-6-12/h5-11H,1-4H3/b14-9-. The van der Waals surface area contributed by atoms with Crippen molar-refractivity contribution >= 4 is 11.8 Å².